The molecule has 2 aromatic carbocycles. The molecule has 0 atom stereocenters. The van der Waals surface area contributed by atoms with Crippen molar-refractivity contribution in [2.45, 2.75) is 6.92 Å². The first-order valence-electron chi connectivity index (χ1n) is 8.44. The summed E-state index contributed by atoms with van der Waals surface area (Å²) in [5.41, 5.74) is 4.08. The van der Waals surface area contributed by atoms with E-state index in [1.54, 1.807) is 19.1 Å². The van der Waals surface area contributed by atoms with Crippen LogP contribution in [0.15, 0.2) is 47.6 Å². The van der Waals surface area contributed by atoms with Gasteiger partial charge in [-0.3, -0.25) is 9.10 Å². The van der Waals surface area contributed by atoms with E-state index in [-0.39, 0.29) is 11.4 Å². The highest BCUT2D eigenvalue weighted by atomic mass is 127. The van der Waals surface area contributed by atoms with Crippen LogP contribution in [-0.4, -0.2) is 47.1 Å². The molecule has 0 aliphatic heterocycles. The molecule has 0 fully saturated rings. The van der Waals surface area contributed by atoms with Gasteiger partial charge in [-0.15, -0.1) is 0 Å². The molecule has 1 amide bonds. The van der Waals surface area contributed by atoms with E-state index in [0.717, 1.165) is 19.7 Å². The van der Waals surface area contributed by atoms with Crippen molar-refractivity contribution in [1.29, 1.82) is 0 Å². The molecule has 156 valence electrons. The molecule has 8 nitrogen and oxygen atoms in total. The van der Waals surface area contributed by atoms with Gasteiger partial charge in [-0.1, -0.05) is 12.1 Å². The predicted octanol–water partition coefficient (Wildman–Crippen LogP) is 2.61. The summed E-state index contributed by atoms with van der Waals surface area (Å²) in [5.74, 6) is 0.181. The summed E-state index contributed by atoms with van der Waals surface area (Å²) in [5, 5.41) is 4.06. The first-order valence-corrected chi connectivity index (χ1v) is 11.4. The minimum atomic E-state index is -3.76. The van der Waals surface area contributed by atoms with E-state index in [1.165, 1.54) is 20.3 Å². The molecule has 0 spiro atoms. The van der Waals surface area contributed by atoms with Gasteiger partial charge >= 0.3 is 0 Å². The Kier molecular flexibility index (Phi) is 7.85. The zero-order chi connectivity index (χ0) is 21.6. The van der Waals surface area contributed by atoms with Crippen LogP contribution in [-0.2, 0) is 14.8 Å². The second kappa shape index (κ2) is 9.92. The minimum absolute atomic E-state index is 0.226. The van der Waals surface area contributed by atoms with Crippen LogP contribution in [0.4, 0.5) is 5.69 Å². The van der Waals surface area contributed by atoms with Crippen molar-refractivity contribution in [1.82, 2.24) is 5.43 Å². The van der Waals surface area contributed by atoms with Gasteiger partial charge in [0.15, 0.2) is 0 Å². The van der Waals surface area contributed by atoms with Crippen molar-refractivity contribution in [3.63, 3.8) is 0 Å². The second-order valence-corrected chi connectivity index (χ2v) is 9.20. The first kappa shape index (κ1) is 22.9. The largest absolute Gasteiger partial charge is 0.497 e. The van der Waals surface area contributed by atoms with E-state index < -0.39 is 22.5 Å². The Bertz CT molecular complexity index is 1010. The van der Waals surface area contributed by atoms with Crippen LogP contribution in [0, 0.1) is 3.57 Å². The molecular formula is C19H22IN3O5S. The number of hydrazone groups is 1. The topological polar surface area (TPSA) is 97.3 Å². The summed E-state index contributed by atoms with van der Waals surface area (Å²) >= 11 is 2.20. The number of amides is 1. The van der Waals surface area contributed by atoms with E-state index in [9.17, 15) is 13.2 Å². The quantitative estimate of drug-likeness (QED) is 0.321. The molecule has 2 aromatic rings. The van der Waals surface area contributed by atoms with Gasteiger partial charge in [-0.25, -0.2) is 13.8 Å². The number of nitrogens with zero attached hydrogens (tertiary/aromatic N) is 2. The Hall–Kier alpha value is -2.34. The molecule has 0 bridgehead atoms. The third-order valence-electron chi connectivity index (χ3n) is 3.95. The van der Waals surface area contributed by atoms with Crippen molar-refractivity contribution in [3.8, 4) is 11.5 Å². The van der Waals surface area contributed by atoms with Crippen LogP contribution in [0.1, 0.15) is 12.5 Å². The van der Waals surface area contributed by atoms with E-state index in [2.05, 4.69) is 33.1 Å². The van der Waals surface area contributed by atoms with Crippen LogP contribution in [0.5, 0.6) is 11.5 Å². The second-order valence-electron chi connectivity index (χ2n) is 6.05. The summed E-state index contributed by atoms with van der Waals surface area (Å²) in [6.07, 6.45) is 1.02. The Morgan fingerprint density at radius 1 is 1.14 bits per heavy atom. The molecule has 0 aliphatic carbocycles. The maximum absolute atomic E-state index is 12.4. The third-order valence-corrected chi connectivity index (χ3v) is 5.80. The number of carbonyl (C=O) groups excluding carboxylic acids is 1. The first-order chi connectivity index (χ1) is 13.7. The number of halogens is 1. The van der Waals surface area contributed by atoms with Crippen LogP contribution in [0.3, 0.4) is 0 Å². The van der Waals surface area contributed by atoms with E-state index in [0.29, 0.717) is 11.5 Å². The van der Waals surface area contributed by atoms with Gasteiger partial charge in [-0.2, -0.15) is 5.10 Å². The maximum Gasteiger partial charge on any atom is 0.260 e. The highest BCUT2D eigenvalue weighted by molar-refractivity contribution is 14.1. The van der Waals surface area contributed by atoms with Gasteiger partial charge in [0.05, 0.1) is 31.9 Å². The smallest absolute Gasteiger partial charge is 0.260 e. The zero-order valence-corrected chi connectivity index (χ0v) is 19.4. The van der Waals surface area contributed by atoms with Crippen LogP contribution < -0.4 is 19.2 Å². The van der Waals surface area contributed by atoms with Crippen molar-refractivity contribution in [3.05, 3.63) is 51.6 Å². The van der Waals surface area contributed by atoms with Crippen molar-refractivity contribution >= 4 is 49.9 Å². The Labute approximate surface area is 184 Å². The van der Waals surface area contributed by atoms with Crippen molar-refractivity contribution < 1.29 is 22.7 Å². The van der Waals surface area contributed by atoms with Crippen LogP contribution >= 0.6 is 22.6 Å². The van der Waals surface area contributed by atoms with Crippen LogP contribution in [0.25, 0.3) is 0 Å². The fourth-order valence-corrected chi connectivity index (χ4v) is 3.66. The molecule has 10 heteroatoms. The molecule has 0 aliphatic rings. The minimum Gasteiger partial charge on any atom is -0.497 e. The maximum atomic E-state index is 12.4. The molecule has 0 saturated carbocycles. The van der Waals surface area contributed by atoms with Gasteiger partial charge < -0.3 is 9.47 Å². The number of ether oxygens (including phenoxy) is 2. The average molecular weight is 531 g/mol. The summed E-state index contributed by atoms with van der Waals surface area (Å²) in [7, 11) is -0.858. The summed E-state index contributed by atoms with van der Waals surface area (Å²) in [6.45, 7) is 1.30. The SMILES string of the molecule is COc1ccc(N(CC(=O)N/N=C(/C)c2ccc(I)cc2)S(C)(=O)=O)c(OC)c1. The van der Waals surface area contributed by atoms with Gasteiger partial charge in [0.2, 0.25) is 10.0 Å². The highest BCUT2D eigenvalue weighted by Crippen LogP contribution is 2.33. The number of anilines is 1. The van der Waals surface area contributed by atoms with Gasteiger partial charge in [0, 0.05) is 9.64 Å². The average Bonchev–Trinajstić information content (AvgIpc) is 2.69. The standard InChI is InChI=1S/C19H22IN3O5S/c1-13(14-5-7-15(20)8-6-14)21-22-19(24)12-23(29(4,25)26)17-10-9-16(27-2)11-18(17)28-3/h5-11H,12H2,1-4H3,(H,22,24)/b21-13-. The number of carbonyl (C=O) groups is 1. The number of nitrogens with one attached hydrogen (secondary N) is 1. The molecule has 29 heavy (non-hydrogen) atoms. The molecule has 0 radical (unpaired) electrons. The monoisotopic (exact) mass is 531 g/mol. The number of rotatable bonds is 8. The zero-order valence-electron chi connectivity index (χ0n) is 16.5. The van der Waals surface area contributed by atoms with Gasteiger partial charge in [-0.05, 0) is 59.3 Å². The lowest BCUT2D eigenvalue weighted by molar-refractivity contribution is -0.119. The van der Waals surface area contributed by atoms with E-state index in [4.69, 9.17) is 9.47 Å². The van der Waals surface area contributed by atoms with Gasteiger partial charge in [0.25, 0.3) is 5.91 Å². The fraction of sp³-hybridized carbons (Fsp3) is 0.263. The van der Waals surface area contributed by atoms with Crippen molar-refractivity contribution in [2.75, 3.05) is 31.3 Å². The molecule has 2 rings (SSSR count). The normalized spacial score (nSPS) is 11.7. The number of hydrogen-bond acceptors (Lipinski definition) is 6. The molecule has 0 aromatic heterocycles. The Balaban J connectivity index is 2.22. The molecule has 0 heterocycles. The summed E-state index contributed by atoms with van der Waals surface area (Å²) in [4.78, 5) is 12.4. The predicted molar refractivity (Wildman–Crippen MR) is 121 cm³/mol. The van der Waals surface area contributed by atoms with E-state index in [1.807, 2.05) is 24.3 Å². The fourth-order valence-electron chi connectivity index (χ4n) is 2.44. The third kappa shape index (κ3) is 6.32. The number of hydrogen-bond donors (Lipinski definition) is 1. The molecule has 0 saturated heterocycles. The highest BCUT2D eigenvalue weighted by Gasteiger charge is 2.24. The Morgan fingerprint density at radius 3 is 2.34 bits per heavy atom. The van der Waals surface area contributed by atoms with Gasteiger partial charge in [0.1, 0.15) is 18.0 Å². The molecule has 0 unspecified atom stereocenters. The lowest BCUT2D eigenvalue weighted by atomic mass is 10.1. The van der Waals surface area contributed by atoms with E-state index >= 15 is 0 Å². The number of sulfonamides is 1. The summed E-state index contributed by atoms with van der Waals surface area (Å²) in [6, 6.07) is 12.3. The lowest BCUT2D eigenvalue weighted by Gasteiger charge is -2.23. The molecular weight excluding hydrogens is 509 g/mol. The summed E-state index contributed by atoms with van der Waals surface area (Å²) < 4.78 is 37.0. The lowest BCUT2D eigenvalue weighted by Crippen LogP contribution is -2.39. The Morgan fingerprint density at radius 2 is 1.79 bits per heavy atom. The van der Waals surface area contributed by atoms with Crippen molar-refractivity contribution in [2.24, 2.45) is 5.10 Å². The number of methoxy groups -OCH3 is 2. The van der Waals surface area contributed by atoms with Crippen LogP contribution in [0.2, 0.25) is 0 Å². The molecule has 1 N–H and O–H groups in total. The number of benzene rings is 2.